The molecule has 0 aliphatic carbocycles. The van der Waals surface area contributed by atoms with Gasteiger partial charge >= 0.3 is 62.2 Å². The number of quaternary nitrogens is 1. The molecular formula is C44H90NO18Si5+. The number of rotatable bonds is 44. The van der Waals surface area contributed by atoms with Crippen molar-refractivity contribution >= 4 is 62.2 Å². The quantitative estimate of drug-likeness (QED) is 0.00942. The molecule has 0 rings (SSSR count). The van der Waals surface area contributed by atoms with Gasteiger partial charge in [0.1, 0.15) is 0 Å². The molecule has 0 unspecified atom stereocenters. The molecular weight excluding hydrogens is 971 g/mol. The molecule has 398 valence electrons. The van der Waals surface area contributed by atoms with Gasteiger partial charge in [-0.25, -0.2) is 14.4 Å². The van der Waals surface area contributed by atoms with Crippen molar-refractivity contribution < 1.29 is 87.9 Å². The van der Waals surface area contributed by atoms with Crippen molar-refractivity contribution in [2.24, 2.45) is 0 Å². The van der Waals surface area contributed by atoms with Crippen molar-refractivity contribution in [2.45, 2.75) is 180 Å². The predicted octanol–water partition coefficient (Wildman–Crippen LogP) is 5.44. The van der Waals surface area contributed by atoms with E-state index >= 15 is 0 Å². The summed E-state index contributed by atoms with van der Waals surface area (Å²) in [6.45, 7) is 17.1. The van der Waals surface area contributed by atoms with Crippen molar-refractivity contribution in [3.63, 3.8) is 0 Å². The van der Waals surface area contributed by atoms with E-state index in [0.717, 1.165) is 25.8 Å². The first-order valence-corrected chi connectivity index (χ1v) is 34.1. The SMILES string of the molecule is C=C(C)C(=O)OCCC[Si](O)(O)O[Si](O[Si](O)(O)CCCOC(=O)C(=C)C)(O[Si](O)(O)CCCOC(=O)C(=C)C)O[Si](O)(O)CCC[N+](C)(C)CCCCCCCCCCCCCCCCCC. The molecule has 0 radical (unpaired) electrons. The van der Waals surface area contributed by atoms with Crippen molar-refractivity contribution in [3.8, 4) is 0 Å². The highest BCUT2D eigenvalue weighted by atomic mass is 28.6. The van der Waals surface area contributed by atoms with Gasteiger partial charge in [0.25, 0.3) is 0 Å². The van der Waals surface area contributed by atoms with Crippen LogP contribution in [0, 0.1) is 0 Å². The molecule has 0 atom stereocenters. The smallest absolute Gasteiger partial charge is 0.462 e. The second-order valence-electron chi connectivity index (χ2n) is 18.7. The van der Waals surface area contributed by atoms with Crippen molar-refractivity contribution in [3.05, 3.63) is 36.5 Å². The average molecular weight is 1060 g/mol. The Labute approximate surface area is 412 Å². The maximum Gasteiger partial charge on any atom is 0.649 e. The summed E-state index contributed by atoms with van der Waals surface area (Å²) in [6, 6.07) is -2.49. The summed E-state index contributed by atoms with van der Waals surface area (Å²) in [4.78, 5) is 126. The van der Waals surface area contributed by atoms with E-state index in [4.69, 9.17) is 30.7 Å². The normalized spacial score (nSPS) is 12.8. The number of unbranched alkanes of at least 4 members (excludes halogenated alkanes) is 15. The number of hydrogen-bond acceptors (Lipinski definition) is 18. The molecule has 0 aromatic carbocycles. The molecule has 0 heterocycles. The van der Waals surface area contributed by atoms with E-state index in [9.17, 15) is 52.7 Å². The van der Waals surface area contributed by atoms with Crippen molar-refractivity contribution in [1.82, 2.24) is 0 Å². The van der Waals surface area contributed by atoms with E-state index in [1.54, 1.807) is 0 Å². The molecule has 0 saturated heterocycles. The molecule has 8 N–H and O–H groups in total. The van der Waals surface area contributed by atoms with Crippen LogP contribution >= 0.6 is 0 Å². The number of carbonyl (C=O) groups is 3. The van der Waals surface area contributed by atoms with Gasteiger partial charge in [-0.05, 0) is 52.9 Å². The zero-order valence-corrected chi connectivity index (χ0v) is 47.2. The summed E-state index contributed by atoms with van der Waals surface area (Å²) in [5, 5.41) is 0. The zero-order chi connectivity index (χ0) is 51.9. The van der Waals surface area contributed by atoms with Gasteiger partial charge in [-0.1, -0.05) is 117 Å². The highest BCUT2D eigenvalue weighted by molar-refractivity contribution is 6.84. The van der Waals surface area contributed by atoms with Gasteiger partial charge in [-0.2, -0.15) is 0 Å². The molecule has 0 aliphatic rings. The summed E-state index contributed by atoms with van der Waals surface area (Å²) in [7, 11) is -22.9. The van der Waals surface area contributed by atoms with E-state index < -0.39 is 86.3 Å². The molecule has 0 saturated carbocycles. The summed E-state index contributed by atoms with van der Waals surface area (Å²) in [5.74, 6) is -2.27. The molecule has 0 amide bonds. The molecule has 0 aromatic rings. The summed E-state index contributed by atoms with van der Waals surface area (Å²) < 4.78 is 37.8. The lowest BCUT2D eigenvalue weighted by molar-refractivity contribution is -0.890. The van der Waals surface area contributed by atoms with Gasteiger partial charge in [0.05, 0.1) is 47.0 Å². The predicted molar refractivity (Wildman–Crippen MR) is 267 cm³/mol. The lowest BCUT2D eigenvalue weighted by atomic mass is 10.0. The van der Waals surface area contributed by atoms with Gasteiger partial charge in [0.15, 0.2) is 0 Å². The Hall–Kier alpha value is -1.81. The lowest BCUT2D eigenvalue weighted by Crippen LogP contribution is -2.70. The number of ether oxygens (including phenoxy) is 3. The largest absolute Gasteiger partial charge is 0.649 e. The molecule has 68 heavy (non-hydrogen) atoms. The van der Waals surface area contributed by atoms with Crippen molar-refractivity contribution in [1.29, 1.82) is 0 Å². The number of carbonyl (C=O) groups excluding carboxylic acids is 3. The number of nitrogens with zero attached hydrogens (tertiary/aromatic N) is 1. The fourth-order valence-corrected chi connectivity index (χ4v) is 20.6. The average Bonchev–Trinajstić information content (AvgIpc) is 3.20. The van der Waals surface area contributed by atoms with E-state index in [0.29, 0.717) is 11.0 Å². The molecule has 0 aromatic heterocycles. The molecule has 0 aliphatic heterocycles. The Morgan fingerprint density at radius 3 is 0.897 bits per heavy atom. The Kier molecular flexibility index (Phi) is 33.6. The van der Waals surface area contributed by atoms with Gasteiger partial charge in [0.2, 0.25) is 0 Å². The Bertz CT molecular complexity index is 1380. The van der Waals surface area contributed by atoms with Crippen LogP contribution in [0.15, 0.2) is 36.5 Å². The third-order valence-corrected chi connectivity index (χ3v) is 24.0. The monoisotopic (exact) mass is 1060 g/mol. The molecule has 0 fully saturated rings. The van der Waals surface area contributed by atoms with E-state index in [-0.39, 0.29) is 62.2 Å². The number of hydrogen-bond donors (Lipinski definition) is 8. The highest BCUT2D eigenvalue weighted by Gasteiger charge is 2.65. The fraction of sp³-hybridized carbons (Fsp3) is 0.795. The van der Waals surface area contributed by atoms with Crippen LogP contribution in [-0.2, 0) is 45.1 Å². The van der Waals surface area contributed by atoms with Crippen LogP contribution < -0.4 is 0 Å². The fourth-order valence-electron chi connectivity index (χ4n) is 6.84. The second kappa shape index (κ2) is 34.5. The van der Waals surface area contributed by atoms with E-state index in [2.05, 4.69) is 26.7 Å². The van der Waals surface area contributed by atoms with Gasteiger partial charge < -0.3 is 73.5 Å². The first-order chi connectivity index (χ1) is 31.6. The van der Waals surface area contributed by atoms with E-state index in [1.165, 1.54) is 104 Å². The molecule has 19 nitrogen and oxygen atoms in total. The third-order valence-electron chi connectivity index (χ3n) is 10.7. The Balaban J connectivity index is 5.97. The van der Waals surface area contributed by atoms with Crippen LogP contribution in [0.5, 0.6) is 0 Å². The first-order valence-electron chi connectivity index (χ1n) is 24.5. The Morgan fingerprint density at radius 2 is 0.632 bits per heavy atom. The first kappa shape index (κ1) is 66.2. The second-order valence-corrected chi connectivity index (χ2v) is 30.9. The summed E-state index contributed by atoms with van der Waals surface area (Å²) in [6.07, 6.45) is 19.5. The van der Waals surface area contributed by atoms with E-state index in [1.807, 2.05) is 14.1 Å². The number of esters is 3. The van der Waals surface area contributed by atoms with Gasteiger partial charge in [-0.3, -0.25) is 0 Å². The molecule has 24 heteroatoms. The highest BCUT2D eigenvalue weighted by Crippen LogP contribution is 2.31. The molecule has 0 bridgehead atoms. The zero-order valence-electron chi connectivity index (χ0n) is 42.2. The maximum atomic E-state index is 11.9. The van der Waals surface area contributed by atoms with Crippen LogP contribution in [0.1, 0.15) is 156 Å². The minimum atomic E-state index is -5.91. The minimum absolute atomic E-state index is 0.0807. The summed E-state index contributed by atoms with van der Waals surface area (Å²) in [5.41, 5.74) is 0.242. The standard InChI is InChI=1S/C44H90NO18Si5/c1-10-11-12-13-14-15-16-17-18-19-20-21-22-23-24-25-30-45(8,9)31-26-35-64(49,50)60-68(61-65(51,52)36-27-32-57-42(46)39(2)3,62-66(53,54)37-28-33-58-43(47)40(4)5)63-67(55,56)38-29-34-59-44(48)41(6)7/h49-56H,2,4,6,10-38H2,1,3,5,7-9H3/q+1. The third kappa shape index (κ3) is 35.3. The van der Waals surface area contributed by atoms with Crippen molar-refractivity contribution in [2.75, 3.05) is 47.0 Å². The maximum absolute atomic E-state index is 11.9. The van der Waals surface area contributed by atoms with Crippen LogP contribution in [0.4, 0.5) is 0 Å². The summed E-state index contributed by atoms with van der Waals surface area (Å²) >= 11 is 0. The Morgan fingerprint density at radius 1 is 0.397 bits per heavy atom. The topological polar surface area (TPSA) is 278 Å². The minimum Gasteiger partial charge on any atom is -0.462 e. The van der Waals surface area contributed by atoms with Gasteiger partial charge in [0, 0.05) is 47.3 Å². The van der Waals surface area contributed by atoms with Crippen LogP contribution in [-0.4, -0.2) is 152 Å². The van der Waals surface area contributed by atoms with Gasteiger partial charge in [-0.15, -0.1) is 0 Å². The lowest BCUT2D eigenvalue weighted by Gasteiger charge is -2.40. The van der Waals surface area contributed by atoms with Crippen LogP contribution in [0.3, 0.4) is 0 Å². The van der Waals surface area contributed by atoms with Crippen LogP contribution in [0.2, 0.25) is 24.2 Å². The molecule has 0 spiro atoms. The van der Waals surface area contributed by atoms with Crippen LogP contribution in [0.25, 0.3) is 0 Å².